The van der Waals surface area contributed by atoms with Gasteiger partial charge in [-0.2, -0.15) is 5.10 Å². The number of aromatic nitrogens is 4. The lowest BCUT2D eigenvalue weighted by atomic mass is 9.91. The van der Waals surface area contributed by atoms with E-state index in [0.717, 1.165) is 39.0 Å². The van der Waals surface area contributed by atoms with Gasteiger partial charge in [0, 0.05) is 116 Å². The number of aryl methyl sites for hydroxylation is 2. The number of amides is 6. The molecule has 11 rings (SSSR count). The Bertz CT molecular complexity index is 3160. The number of pyridine rings is 1. The third kappa shape index (κ3) is 7.48. The van der Waals surface area contributed by atoms with E-state index in [0.29, 0.717) is 98.0 Å². The molecule has 2 fully saturated rings. The summed E-state index contributed by atoms with van der Waals surface area (Å²) in [6.45, 7) is 3.97. The SMILES string of the molecule is CC(=O)N1CCc2c(c(N3CCCc4cc(-c5cn(C)c6ccncc56)c(C(F)F)cc43)nn2C2CCN(C(=O)c3ccc(Nc4cccc5c4C(=O)N(C4CCC(=O)NC4=O)C5=O)cc3)CC2)C1. The van der Waals surface area contributed by atoms with Crippen molar-refractivity contribution in [1.29, 1.82) is 0 Å². The Morgan fingerprint density at radius 2 is 1.65 bits per heavy atom. The van der Waals surface area contributed by atoms with Crippen molar-refractivity contribution in [2.75, 3.05) is 36.4 Å². The number of benzene rings is 3. The zero-order chi connectivity index (χ0) is 47.8. The first-order chi connectivity index (χ1) is 33.3. The van der Waals surface area contributed by atoms with E-state index < -0.39 is 36.1 Å². The topological polar surface area (TPSA) is 175 Å². The predicted octanol–water partition coefficient (Wildman–Crippen LogP) is 6.99. The van der Waals surface area contributed by atoms with Crippen LogP contribution in [-0.2, 0) is 40.8 Å². The summed E-state index contributed by atoms with van der Waals surface area (Å²) in [7, 11) is 1.90. The molecule has 69 heavy (non-hydrogen) atoms. The van der Waals surface area contributed by atoms with E-state index >= 15 is 8.78 Å². The number of nitrogens with zero attached hydrogens (tertiary/aromatic N) is 8. The van der Waals surface area contributed by atoms with Gasteiger partial charge in [-0.3, -0.25) is 48.6 Å². The number of piperidine rings is 2. The summed E-state index contributed by atoms with van der Waals surface area (Å²) in [5, 5.41) is 11.5. The largest absolute Gasteiger partial charge is 0.355 e. The Morgan fingerprint density at radius 3 is 2.41 bits per heavy atom. The zero-order valence-electron chi connectivity index (χ0n) is 38.0. The third-order valence-corrected chi connectivity index (χ3v) is 14.4. The summed E-state index contributed by atoms with van der Waals surface area (Å²) in [6.07, 6.45) is 5.99. The minimum absolute atomic E-state index is 0.0194. The predicted molar refractivity (Wildman–Crippen MR) is 250 cm³/mol. The number of likely N-dealkylation sites (tertiary alicyclic amines) is 1. The molecule has 0 saturated carbocycles. The first-order valence-electron chi connectivity index (χ1n) is 23.3. The smallest absolute Gasteiger partial charge is 0.264 e. The lowest BCUT2D eigenvalue weighted by Gasteiger charge is -2.34. The van der Waals surface area contributed by atoms with E-state index in [2.05, 4.69) is 25.2 Å². The summed E-state index contributed by atoms with van der Waals surface area (Å²) < 4.78 is 34.3. The number of halogens is 2. The first-order valence-corrected chi connectivity index (χ1v) is 23.3. The summed E-state index contributed by atoms with van der Waals surface area (Å²) >= 11 is 0. The first kappa shape index (κ1) is 43.8. The van der Waals surface area contributed by atoms with E-state index in [-0.39, 0.29) is 47.4 Å². The van der Waals surface area contributed by atoms with Gasteiger partial charge in [0.15, 0.2) is 5.82 Å². The van der Waals surface area contributed by atoms with Crippen molar-refractivity contribution in [3.8, 4) is 11.1 Å². The molecule has 2 N–H and O–H groups in total. The zero-order valence-corrected chi connectivity index (χ0v) is 38.0. The Kier molecular flexibility index (Phi) is 10.8. The average molecular weight is 935 g/mol. The van der Waals surface area contributed by atoms with Crippen molar-refractivity contribution in [3.05, 3.63) is 118 Å². The standard InChI is InChI=1S/C51H48F2N10O6/c1-28(64)60-22-17-41-38(27-60)47(61-19-4-5-30-23-34(35(46(52)53)24-43(30)61)37-26-58(2)40-14-18-54-25-36(37)40)57-63(41)32-15-20-59(21-16-32)49(67)29-8-10-31(11-9-29)55-39-7-3-6-33-45(39)51(69)62(50(33)68)42-12-13-44(65)56-48(42)66/h3,6-11,14,18,23-26,32,42,46,55H,4-5,12-13,15-17,19-22,27H2,1-2H3,(H,56,65,66). The van der Waals surface area contributed by atoms with Crippen molar-refractivity contribution >= 4 is 69.2 Å². The van der Waals surface area contributed by atoms with Gasteiger partial charge in [-0.25, -0.2) is 8.78 Å². The third-order valence-electron chi connectivity index (χ3n) is 14.4. The fourth-order valence-electron chi connectivity index (χ4n) is 10.9. The van der Waals surface area contributed by atoms with E-state index in [9.17, 15) is 28.8 Å². The molecule has 0 bridgehead atoms. The Hall–Kier alpha value is -7.76. The maximum atomic E-state index is 15.1. The van der Waals surface area contributed by atoms with Crippen LogP contribution in [0.15, 0.2) is 79.3 Å². The minimum atomic E-state index is -2.74. The van der Waals surface area contributed by atoms with Gasteiger partial charge in [0.25, 0.3) is 24.1 Å². The van der Waals surface area contributed by atoms with Crippen LogP contribution < -0.4 is 15.5 Å². The van der Waals surface area contributed by atoms with Gasteiger partial charge < -0.3 is 24.6 Å². The number of hydrogen-bond donors (Lipinski definition) is 2. The van der Waals surface area contributed by atoms with E-state index in [1.807, 2.05) is 34.8 Å². The van der Waals surface area contributed by atoms with E-state index in [4.69, 9.17) is 5.10 Å². The van der Waals surface area contributed by atoms with Crippen molar-refractivity contribution < 1.29 is 37.5 Å². The van der Waals surface area contributed by atoms with Crippen LogP contribution in [0.25, 0.3) is 22.0 Å². The minimum Gasteiger partial charge on any atom is -0.355 e. The normalized spacial score (nSPS) is 18.5. The maximum absolute atomic E-state index is 15.1. The maximum Gasteiger partial charge on any atom is 0.264 e. The summed E-state index contributed by atoms with van der Waals surface area (Å²) in [5.74, 6) is -1.87. The number of carbonyl (C=O) groups excluding carboxylic acids is 6. The van der Waals surface area contributed by atoms with Crippen molar-refractivity contribution in [2.45, 2.75) is 76.9 Å². The number of anilines is 4. The molecule has 1 unspecified atom stereocenters. The molecule has 5 aliphatic heterocycles. The van der Waals surface area contributed by atoms with Gasteiger partial charge >= 0.3 is 0 Å². The number of imide groups is 2. The van der Waals surface area contributed by atoms with E-state index in [1.54, 1.807) is 66.7 Å². The molecule has 3 aromatic heterocycles. The van der Waals surface area contributed by atoms with Gasteiger partial charge in [-0.1, -0.05) is 6.07 Å². The van der Waals surface area contributed by atoms with Crippen molar-refractivity contribution in [3.63, 3.8) is 0 Å². The van der Waals surface area contributed by atoms with Crippen LogP contribution in [0, 0.1) is 0 Å². The highest BCUT2D eigenvalue weighted by Crippen LogP contribution is 2.45. The quantitative estimate of drug-likeness (QED) is 0.152. The van der Waals surface area contributed by atoms with Crippen LogP contribution in [0.1, 0.15) is 105 Å². The second kappa shape index (κ2) is 17.1. The number of hydrogen-bond acceptors (Lipinski definition) is 10. The molecule has 8 heterocycles. The molecular formula is C51H48F2N10O6. The second-order valence-corrected chi connectivity index (χ2v) is 18.5. The van der Waals surface area contributed by atoms with Crippen molar-refractivity contribution in [1.82, 2.24) is 39.3 Å². The van der Waals surface area contributed by atoms with Crippen molar-refractivity contribution in [2.24, 2.45) is 7.05 Å². The number of carbonyl (C=O) groups is 6. The van der Waals surface area contributed by atoms with Crippen LogP contribution in [0.5, 0.6) is 0 Å². The molecule has 6 amide bonds. The summed E-state index contributed by atoms with van der Waals surface area (Å²) in [6, 6.07) is 16.0. The average Bonchev–Trinajstić information content (AvgIpc) is 3.99. The molecule has 0 aliphatic carbocycles. The molecule has 352 valence electrons. The summed E-state index contributed by atoms with van der Waals surface area (Å²) in [5.41, 5.74) is 7.32. The molecule has 6 aromatic rings. The lowest BCUT2D eigenvalue weighted by molar-refractivity contribution is -0.136. The second-order valence-electron chi connectivity index (χ2n) is 18.5. The number of alkyl halides is 2. The Balaban J connectivity index is 0.814. The highest BCUT2D eigenvalue weighted by Gasteiger charge is 2.46. The molecule has 3 aromatic carbocycles. The van der Waals surface area contributed by atoms with Gasteiger partial charge in [0.05, 0.1) is 34.9 Å². The van der Waals surface area contributed by atoms with Gasteiger partial charge in [0.1, 0.15) is 6.04 Å². The Morgan fingerprint density at radius 1 is 0.855 bits per heavy atom. The van der Waals surface area contributed by atoms with Crippen LogP contribution in [0.3, 0.4) is 0 Å². The van der Waals surface area contributed by atoms with Gasteiger partial charge in [0.2, 0.25) is 17.7 Å². The highest BCUT2D eigenvalue weighted by atomic mass is 19.3. The molecule has 2 saturated heterocycles. The molecule has 16 nitrogen and oxygen atoms in total. The molecule has 0 spiro atoms. The van der Waals surface area contributed by atoms with Crippen LogP contribution >= 0.6 is 0 Å². The number of nitrogens with one attached hydrogen (secondary N) is 2. The fraction of sp³-hybridized carbons (Fsp3) is 0.333. The van der Waals surface area contributed by atoms with Crippen LogP contribution in [0.2, 0.25) is 0 Å². The number of fused-ring (bicyclic) bond motifs is 4. The highest BCUT2D eigenvalue weighted by molar-refractivity contribution is 6.25. The monoisotopic (exact) mass is 934 g/mol. The molecule has 0 radical (unpaired) electrons. The van der Waals surface area contributed by atoms with Gasteiger partial charge in [-0.05, 0) is 97.8 Å². The molecular weight excluding hydrogens is 887 g/mol. The van der Waals surface area contributed by atoms with Crippen LogP contribution in [0.4, 0.5) is 31.7 Å². The van der Waals surface area contributed by atoms with Crippen LogP contribution in [-0.4, -0.2) is 102 Å². The Labute approximate surface area is 394 Å². The lowest BCUT2D eigenvalue weighted by Crippen LogP contribution is -2.54. The molecule has 18 heteroatoms. The number of rotatable bonds is 8. The fourth-order valence-corrected chi connectivity index (χ4v) is 10.9. The van der Waals surface area contributed by atoms with E-state index in [1.165, 1.54) is 6.07 Å². The summed E-state index contributed by atoms with van der Waals surface area (Å²) in [4.78, 5) is 88.9. The molecule has 5 aliphatic rings. The van der Waals surface area contributed by atoms with Gasteiger partial charge in [-0.15, -0.1) is 0 Å². The molecule has 1 atom stereocenters.